The summed E-state index contributed by atoms with van der Waals surface area (Å²) in [6, 6.07) is 0.381. The highest BCUT2D eigenvalue weighted by Gasteiger charge is 2.41. The van der Waals surface area contributed by atoms with Crippen LogP contribution in [0.5, 0.6) is 0 Å². The van der Waals surface area contributed by atoms with Crippen LogP contribution in [0.1, 0.15) is 15.9 Å². The van der Waals surface area contributed by atoms with E-state index >= 15 is 0 Å². The lowest BCUT2D eigenvalue weighted by atomic mass is 9.96. The van der Waals surface area contributed by atoms with Crippen LogP contribution in [0, 0.1) is 0 Å². The normalized spacial score (nSPS) is 29.4. The molecule has 3 saturated heterocycles. The standard InChI is InChI=1S/C13H14F3N3O/c14-13(15,16)10-1-2-17-7-9(10)12(20)11-8-18-3-5-19(11)6-4-18/h1-2,7,11H,3-6,8H2. The Bertz CT molecular complexity index is 524. The minimum Gasteiger partial charge on any atom is -0.299 e. The highest BCUT2D eigenvalue weighted by atomic mass is 19.4. The van der Waals surface area contributed by atoms with Crippen molar-refractivity contribution < 1.29 is 18.0 Å². The quantitative estimate of drug-likeness (QED) is 0.767. The number of hydrogen-bond acceptors (Lipinski definition) is 4. The maximum atomic E-state index is 13.0. The van der Waals surface area contributed by atoms with Gasteiger partial charge in [0.1, 0.15) is 0 Å². The van der Waals surface area contributed by atoms with Gasteiger partial charge >= 0.3 is 6.18 Å². The topological polar surface area (TPSA) is 36.4 Å². The van der Waals surface area contributed by atoms with Crippen LogP contribution in [0.2, 0.25) is 0 Å². The van der Waals surface area contributed by atoms with E-state index in [0.717, 1.165) is 44.6 Å². The van der Waals surface area contributed by atoms with Crippen LogP contribution in [0.25, 0.3) is 0 Å². The number of alkyl halides is 3. The number of rotatable bonds is 2. The lowest BCUT2D eigenvalue weighted by molar-refractivity contribution is -0.138. The van der Waals surface area contributed by atoms with Crippen molar-refractivity contribution in [3.05, 3.63) is 29.6 Å². The Morgan fingerprint density at radius 3 is 2.50 bits per heavy atom. The molecule has 108 valence electrons. The third kappa shape index (κ3) is 2.31. The van der Waals surface area contributed by atoms with E-state index in [0.29, 0.717) is 6.54 Å². The molecule has 0 aromatic carbocycles. The molecule has 1 atom stereocenters. The van der Waals surface area contributed by atoms with Crippen molar-refractivity contribution in [3.8, 4) is 0 Å². The van der Waals surface area contributed by atoms with Crippen molar-refractivity contribution in [2.45, 2.75) is 12.2 Å². The van der Waals surface area contributed by atoms with Crippen LogP contribution in [0.3, 0.4) is 0 Å². The van der Waals surface area contributed by atoms with Gasteiger partial charge in [0, 0.05) is 50.7 Å². The number of nitrogens with zero attached hydrogens (tertiary/aromatic N) is 3. The van der Waals surface area contributed by atoms with E-state index < -0.39 is 23.6 Å². The molecule has 7 heteroatoms. The van der Waals surface area contributed by atoms with Crippen molar-refractivity contribution in [1.29, 1.82) is 0 Å². The molecule has 4 rings (SSSR count). The fraction of sp³-hybridized carbons (Fsp3) is 0.538. The molecule has 0 amide bonds. The predicted molar refractivity (Wildman–Crippen MR) is 65.4 cm³/mol. The third-order valence-electron chi connectivity index (χ3n) is 3.97. The van der Waals surface area contributed by atoms with Gasteiger partial charge in [-0.1, -0.05) is 0 Å². The summed E-state index contributed by atoms with van der Waals surface area (Å²) in [5, 5.41) is 0. The highest BCUT2D eigenvalue weighted by molar-refractivity contribution is 6.01. The molecule has 1 aromatic rings. The second-order valence-corrected chi connectivity index (χ2v) is 5.14. The van der Waals surface area contributed by atoms with Gasteiger partial charge in [0.15, 0.2) is 5.78 Å². The van der Waals surface area contributed by atoms with E-state index in [4.69, 9.17) is 0 Å². The molecule has 2 bridgehead atoms. The first-order chi connectivity index (χ1) is 9.47. The fourth-order valence-electron chi connectivity index (χ4n) is 2.88. The summed E-state index contributed by atoms with van der Waals surface area (Å²) in [4.78, 5) is 20.2. The van der Waals surface area contributed by atoms with Gasteiger partial charge in [-0.3, -0.25) is 19.6 Å². The van der Waals surface area contributed by atoms with Crippen molar-refractivity contribution in [2.75, 3.05) is 32.7 Å². The molecule has 0 aliphatic carbocycles. The molecular formula is C13H14F3N3O. The number of fused-ring (bicyclic) bond motifs is 3. The number of hydrogen-bond donors (Lipinski definition) is 0. The summed E-state index contributed by atoms with van der Waals surface area (Å²) in [7, 11) is 0. The number of carbonyl (C=O) groups is 1. The molecule has 0 radical (unpaired) electrons. The zero-order chi connectivity index (χ0) is 14.3. The number of piperazine rings is 3. The predicted octanol–water partition coefficient (Wildman–Crippen LogP) is 1.28. The van der Waals surface area contributed by atoms with Gasteiger partial charge in [-0.25, -0.2) is 0 Å². The lowest BCUT2D eigenvalue weighted by Crippen LogP contribution is -2.63. The minimum atomic E-state index is -4.53. The van der Waals surface area contributed by atoms with Gasteiger partial charge in [-0.2, -0.15) is 13.2 Å². The highest BCUT2D eigenvalue weighted by Crippen LogP contribution is 2.32. The maximum absolute atomic E-state index is 13.0. The van der Waals surface area contributed by atoms with Gasteiger partial charge in [0.2, 0.25) is 0 Å². The number of carbonyl (C=O) groups excluding carboxylic acids is 1. The van der Waals surface area contributed by atoms with E-state index in [-0.39, 0.29) is 5.56 Å². The Hall–Kier alpha value is -1.47. The zero-order valence-corrected chi connectivity index (χ0v) is 10.7. The average molecular weight is 285 g/mol. The SMILES string of the molecule is O=C(c1cnccc1C(F)(F)F)C1CN2CCN1CC2. The van der Waals surface area contributed by atoms with E-state index in [9.17, 15) is 18.0 Å². The first-order valence-corrected chi connectivity index (χ1v) is 6.48. The number of ketones is 1. The summed E-state index contributed by atoms with van der Waals surface area (Å²) in [5.74, 6) is -0.477. The largest absolute Gasteiger partial charge is 0.417 e. The van der Waals surface area contributed by atoms with Crippen molar-refractivity contribution >= 4 is 5.78 Å². The van der Waals surface area contributed by atoms with Crippen LogP contribution in [0.15, 0.2) is 18.5 Å². The molecule has 3 aliphatic heterocycles. The number of halogens is 3. The number of pyridine rings is 1. The molecule has 0 N–H and O–H groups in total. The first kappa shape index (κ1) is 13.5. The zero-order valence-electron chi connectivity index (χ0n) is 10.7. The molecule has 3 fully saturated rings. The molecule has 1 unspecified atom stereocenters. The van der Waals surface area contributed by atoms with Crippen LogP contribution in [-0.4, -0.2) is 59.3 Å². The van der Waals surface area contributed by atoms with Gasteiger partial charge < -0.3 is 0 Å². The smallest absolute Gasteiger partial charge is 0.299 e. The Morgan fingerprint density at radius 1 is 1.25 bits per heavy atom. The minimum absolute atomic E-state index is 0.321. The van der Waals surface area contributed by atoms with E-state index in [1.807, 2.05) is 4.90 Å². The van der Waals surface area contributed by atoms with Gasteiger partial charge in [0.05, 0.1) is 11.6 Å². The lowest BCUT2D eigenvalue weighted by Gasteiger charge is -2.46. The van der Waals surface area contributed by atoms with Crippen molar-refractivity contribution in [1.82, 2.24) is 14.8 Å². The van der Waals surface area contributed by atoms with Gasteiger partial charge in [-0.15, -0.1) is 0 Å². The summed E-state index contributed by atoms with van der Waals surface area (Å²) in [6.07, 6.45) is -2.43. The van der Waals surface area contributed by atoms with Crippen LogP contribution in [-0.2, 0) is 6.18 Å². The monoisotopic (exact) mass is 285 g/mol. The molecule has 0 saturated carbocycles. The second-order valence-electron chi connectivity index (χ2n) is 5.14. The molecule has 20 heavy (non-hydrogen) atoms. The Balaban J connectivity index is 1.92. The Morgan fingerprint density at radius 2 is 1.95 bits per heavy atom. The van der Waals surface area contributed by atoms with Crippen molar-refractivity contribution in [2.24, 2.45) is 0 Å². The maximum Gasteiger partial charge on any atom is 0.417 e. The van der Waals surface area contributed by atoms with Gasteiger partial charge in [-0.05, 0) is 6.07 Å². The average Bonchev–Trinajstić information content (AvgIpc) is 2.47. The number of Topliss-reactive ketones (excluding diaryl/α,β-unsaturated/α-hetero) is 1. The van der Waals surface area contributed by atoms with Crippen LogP contribution >= 0.6 is 0 Å². The molecular weight excluding hydrogens is 271 g/mol. The molecule has 4 heterocycles. The van der Waals surface area contributed by atoms with Gasteiger partial charge in [0.25, 0.3) is 0 Å². The van der Waals surface area contributed by atoms with Crippen molar-refractivity contribution in [3.63, 3.8) is 0 Å². The number of aromatic nitrogens is 1. The summed E-state index contributed by atoms with van der Waals surface area (Å²) in [6.45, 7) is 3.73. The third-order valence-corrected chi connectivity index (χ3v) is 3.97. The fourth-order valence-corrected chi connectivity index (χ4v) is 2.88. The second kappa shape index (κ2) is 4.82. The Kier molecular flexibility index (Phi) is 3.25. The molecule has 3 aliphatic rings. The van der Waals surface area contributed by atoms with E-state index in [1.165, 1.54) is 0 Å². The van der Waals surface area contributed by atoms with E-state index in [2.05, 4.69) is 9.88 Å². The molecule has 4 nitrogen and oxygen atoms in total. The summed E-state index contributed by atoms with van der Waals surface area (Å²) >= 11 is 0. The van der Waals surface area contributed by atoms with E-state index in [1.54, 1.807) is 0 Å². The summed E-state index contributed by atoms with van der Waals surface area (Å²) in [5.41, 5.74) is -1.21. The molecule has 1 aromatic heterocycles. The Labute approximate surface area is 114 Å². The van der Waals surface area contributed by atoms with Crippen LogP contribution in [0.4, 0.5) is 13.2 Å². The molecule has 0 spiro atoms. The summed E-state index contributed by atoms with van der Waals surface area (Å²) < 4.78 is 38.9. The van der Waals surface area contributed by atoms with Crippen LogP contribution < -0.4 is 0 Å². The first-order valence-electron chi connectivity index (χ1n) is 6.48.